The Balaban J connectivity index is 2.48. The second-order valence-corrected chi connectivity index (χ2v) is 3.81. The zero-order valence-corrected chi connectivity index (χ0v) is 10.6. The molecule has 0 amide bonds. The molecule has 0 spiro atoms. The van der Waals surface area contributed by atoms with Crippen molar-refractivity contribution in [2.24, 2.45) is 0 Å². The minimum absolute atomic E-state index is 0.198. The van der Waals surface area contributed by atoms with Gasteiger partial charge in [0.25, 0.3) is 0 Å². The van der Waals surface area contributed by atoms with E-state index in [1.54, 1.807) is 0 Å². The fourth-order valence-corrected chi connectivity index (χ4v) is 1.37. The van der Waals surface area contributed by atoms with Gasteiger partial charge in [-0.05, 0) is 12.5 Å². The van der Waals surface area contributed by atoms with Crippen molar-refractivity contribution in [3.05, 3.63) is 23.9 Å². The fourth-order valence-electron chi connectivity index (χ4n) is 1.37. The van der Waals surface area contributed by atoms with Crippen LogP contribution in [0.4, 0.5) is 0 Å². The lowest BCUT2D eigenvalue weighted by atomic mass is 10.2. The van der Waals surface area contributed by atoms with E-state index in [9.17, 15) is 9.59 Å². The molecule has 0 aliphatic heterocycles. The maximum Gasteiger partial charge on any atom is 0.339 e. The van der Waals surface area contributed by atoms with E-state index in [1.165, 1.54) is 25.4 Å². The predicted octanol–water partition coefficient (Wildman–Crippen LogP) is 2.35. The number of nitrogens with zero attached hydrogens (tertiary/aromatic N) is 1. The lowest BCUT2D eigenvalue weighted by Crippen LogP contribution is -2.09. The van der Waals surface area contributed by atoms with Gasteiger partial charge in [-0.2, -0.15) is 0 Å². The third-order valence-corrected chi connectivity index (χ3v) is 2.36. The molecule has 5 heteroatoms. The predicted molar refractivity (Wildman–Crippen MR) is 65.4 cm³/mol. The van der Waals surface area contributed by atoms with Crippen molar-refractivity contribution in [3.8, 4) is 5.88 Å². The van der Waals surface area contributed by atoms with Gasteiger partial charge < -0.3 is 9.47 Å². The average Bonchev–Trinajstić information content (AvgIpc) is 2.39. The summed E-state index contributed by atoms with van der Waals surface area (Å²) in [7, 11) is 1.30. The zero-order valence-electron chi connectivity index (χ0n) is 10.6. The molecule has 0 radical (unpaired) electrons. The van der Waals surface area contributed by atoms with E-state index in [2.05, 4.69) is 16.6 Å². The van der Waals surface area contributed by atoms with Crippen LogP contribution in [0.1, 0.15) is 43.0 Å². The molecule has 0 fully saturated rings. The van der Waals surface area contributed by atoms with Crippen molar-refractivity contribution in [1.82, 2.24) is 4.98 Å². The number of pyridine rings is 1. The van der Waals surface area contributed by atoms with Gasteiger partial charge >= 0.3 is 11.9 Å². The van der Waals surface area contributed by atoms with Crippen LogP contribution in [0, 0.1) is 0 Å². The summed E-state index contributed by atoms with van der Waals surface area (Å²) >= 11 is 0. The van der Waals surface area contributed by atoms with E-state index < -0.39 is 5.97 Å². The van der Waals surface area contributed by atoms with Gasteiger partial charge in [0.1, 0.15) is 0 Å². The number of aromatic nitrogens is 1. The number of methoxy groups -OCH3 is 1. The first-order valence-electron chi connectivity index (χ1n) is 5.92. The minimum atomic E-state index is -0.469. The van der Waals surface area contributed by atoms with Crippen molar-refractivity contribution in [2.45, 2.75) is 32.6 Å². The van der Waals surface area contributed by atoms with Crippen LogP contribution in [0.2, 0.25) is 0 Å². The number of carbonyl (C=O) groups excluding carboxylic acids is 2. The number of rotatable bonds is 6. The smallest absolute Gasteiger partial charge is 0.339 e. The number of hydrogen-bond acceptors (Lipinski definition) is 5. The summed E-state index contributed by atoms with van der Waals surface area (Å²) in [6.07, 6.45) is 4.58. The number of unbranched alkanes of at least 4 members (excludes halogenated alkanes) is 2. The summed E-state index contributed by atoms with van der Waals surface area (Å²) in [6.45, 7) is 2.07. The molecule has 0 aromatic carbocycles. The fraction of sp³-hybridized carbons (Fsp3) is 0.462. The van der Waals surface area contributed by atoms with Gasteiger partial charge in [-0.15, -0.1) is 0 Å². The van der Waals surface area contributed by atoms with Gasteiger partial charge in [-0.3, -0.25) is 4.79 Å². The van der Waals surface area contributed by atoms with Gasteiger partial charge in [0, 0.05) is 18.7 Å². The summed E-state index contributed by atoms with van der Waals surface area (Å²) in [5, 5.41) is 0. The number of esters is 2. The van der Waals surface area contributed by atoms with E-state index in [1.807, 2.05) is 0 Å². The highest BCUT2D eigenvalue weighted by atomic mass is 16.5. The Morgan fingerprint density at radius 3 is 2.61 bits per heavy atom. The number of ether oxygens (including phenoxy) is 2. The highest BCUT2D eigenvalue weighted by Crippen LogP contribution is 2.10. The van der Waals surface area contributed by atoms with Crippen LogP contribution in [0.15, 0.2) is 18.3 Å². The standard InChI is InChI=1S/C13H17NO4/c1-3-4-5-6-12(15)18-11-8-7-10(9-14-11)13(16)17-2/h7-9H,3-6H2,1-2H3. The van der Waals surface area contributed by atoms with Gasteiger partial charge in [0.05, 0.1) is 12.7 Å². The van der Waals surface area contributed by atoms with Gasteiger partial charge in [-0.1, -0.05) is 19.8 Å². The Labute approximate surface area is 106 Å². The van der Waals surface area contributed by atoms with Crippen LogP contribution in [0.25, 0.3) is 0 Å². The quantitative estimate of drug-likeness (QED) is 0.573. The SMILES string of the molecule is CCCCCC(=O)Oc1ccc(C(=O)OC)cn1. The second kappa shape index (κ2) is 7.42. The minimum Gasteiger partial charge on any atom is -0.465 e. The monoisotopic (exact) mass is 251 g/mol. The zero-order chi connectivity index (χ0) is 13.4. The molecule has 1 aromatic heterocycles. The lowest BCUT2D eigenvalue weighted by molar-refractivity contribution is -0.134. The molecule has 1 rings (SSSR count). The average molecular weight is 251 g/mol. The third-order valence-electron chi connectivity index (χ3n) is 2.36. The Morgan fingerprint density at radius 1 is 1.28 bits per heavy atom. The summed E-state index contributed by atoms with van der Waals surface area (Å²) in [5.41, 5.74) is 0.322. The van der Waals surface area contributed by atoms with Crippen molar-refractivity contribution >= 4 is 11.9 Å². The van der Waals surface area contributed by atoms with Crippen LogP contribution in [-0.2, 0) is 9.53 Å². The molecule has 0 atom stereocenters. The molecular weight excluding hydrogens is 234 g/mol. The van der Waals surface area contributed by atoms with Crippen molar-refractivity contribution in [3.63, 3.8) is 0 Å². The number of carbonyl (C=O) groups is 2. The topological polar surface area (TPSA) is 65.5 Å². The molecule has 1 aromatic rings. The summed E-state index contributed by atoms with van der Waals surface area (Å²) in [5.74, 6) is -0.575. The summed E-state index contributed by atoms with van der Waals surface area (Å²) in [4.78, 5) is 26.4. The maximum absolute atomic E-state index is 11.4. The molecule has 0 saturated carbocycles. The molecule has 0 aliphatic carbocycles. The Kier molecular flexibility index (Phi) is 5.84. The molecule has 98 valence electrons. The Bertz CT molecular complexity index is 400. The van der Waals surface area contributed by atoms with Crippen LogP contribution in [0.3, 0.4) is 0 Å². The van der Waals surface area contributed by atoms with E-state index in [-0.39, 0.29) is 11.8 Å². The molecular formula is C13H17NO4. The van der Waals surface area contributed by atoms with Gasteiger partial charge in [0.2, 0.25) is 5.88 Å². The maximum atomic E-state index is 11.4. The van der Waals surface area contributed by atoms with E-state index >= 15 is 0 Å². The van der Waals surface area contributed by atoms with Crippen LogP contribution in [0.5, 0.6) is 5.88 Å². The molecule has 0 N–H and O–H groups in total. The van der Waals surface area contributed by atoms with Crippen LogP contribution in [-0.4, -0.2) is 24.0 Å². The molecule has 0 aliphatic rings. The highest BCUT2D eigenvalue weighted by molar-refractivity contribution is 5.88. The van der Waals surface area contributed by atoms with Crippen molar-refractivity contribution in [1.29, 1.82) is 0 Å². The normalized spacial score (nSPS) is 9.89. The first-order chi connectivity index (χ1) is 8.67. The van der Waals surface area contributed by atoms with E-state index in [0.717, 1.165) is 19.3 Å². The molecule has 0 saturated heterocycles. The molecule has 1 heterocycles. The molecule has 5 nitrogen and oxygen atoms in total. The lowest BCUT2D eigenvalue weighted by Gasteiger charge is -2.03. The molecule has 0 unspecified atom stereocenters. The first-order valence-corrected chi connectivity index (χ1v) is 5.92. The van der Waals surface area contributed by atoms with Crippen molar-refractivity contribution < 1.29 is 19.1 Å². The highest BCUT2D eigenvalue weighted by Gasteiger charge is 2.08. The second-order valence-electron chi connectivity index (χ2n) is 3.81. The van der Waals surface area contributed by atoms with Gasteiger partial charge in [0.15, 0.2) is 0 Å². The summed E-state index contributed by atoms with van der Waals surface area (Å²) in [6, 6.07) is 2.98. The summed E-state index contributed by atoms with van der Waals surface area (Å²) < 4.78 is 9.56. The Hall–Kier alpha value is -1.91. The van der Waals surface area contributed by atoms with Crippen LogP contribution < -0.4 is 4.74 Å². The Morgan fingerprint density at radius 2 is 2.06 bits per heavy atom. The molecule has 0 bridgehead atoms. The third kappa shape index (κ3) is 4.53. The van der Waals surface area contributed by atoms with Crippen molar-refractivity contribution in [2.75, 3.05) is 7.11 Å². The molecule has 18 heavy (non-hydrogen) atoms. The van der Waals surface area contributed by atoms with Crippen LogP contribution >= 0.6 is 0 Å². The van der Waals surface area contributed by atoms with E-state index in [0.29, 0.717) is 12.0 Å². The first kappa shape index (κ1) is 14.2. The number of hydrogen-bond donors (Lipinski definition) is 0. The largest absolute Gasteiger partial charge is 0.465 e. The van der Waals surface area contributed by atoms with E-state index in [4.69, 9.17) is 4.74 Å². The van der Waals surface area contributed by atoms with Gasteiger partial charge in [-0.25, -0.2) is 9.78 Å².